The van der Waals surface area contributed by atoms with Crippen LogP contribution in [0, 0.1) is 0 Å². The Morgan fingerprint density at radius 2 is 0.582 bits per heavy atom. The van der Waals surface area contributed by atoms with E-state index in [9.17, 15) is 9.90 Å². The van der Waals surface area contributed by atoms with Crippen molar-refractivity contribution in [3.8, 4) is 0 Å². The number of aromatic carboxylic acids is 1. The average molecular weight is 930 g/mol. The third kappa shape index (κ3) is 34.2. The molecule has 0 aliphatic carbocycles. The SMILES string of the molecule is CCCCCCCCCCCCCCCCCCc1cc(C(=O)O)c2ccc(CCCCCCCCCCCCCCCCCC)c(CCCCCCCCCCCCCCCCCC)c2c1. The predicted octanol–water partition coefficient (Wildman–Crippen LogP) is 23.0. The van der Waals surface area contributed by atoms with Crippen LogP contribution in [0.1, 0.15) is 356 Å². The number of fused-ring (bicyclic) bond motifs is 1. The topological polar surface area (TPSA) is 37.3 Å². The lowest BCUT2D eigenvalue weighted by molar-refractivity contribution is 0.0699. The molecule has 0 fully saturated rings. The highest BCUT2D eigenvalue weighted by Crippen LogP contribution is 2.31. The highest BCUT2D eigenvalue weighted by atomic mass is 16.4. The van der Waals surface area contributed by atoms with Gasteiger partial charge in [-0.1, -0.05) is 328 Å². The van der Waals surface area contributed by atoms with E-state index >= 15 is 0 Å². The van der Waals surface area contributed by atoms with Crippen LogP contribution in [0.3, 0.4) is 0 Å². The van der Waals surface area contributed by atoms with E-state index in [1.54, 1.807) is 0 Å². The molecule has 2 aromatic carbocycles. The smallest absolute Gasteiger partial charge is 0.336 e. The second-order valence-electron chi connectivity index (χ2n) is 21.9. The Labute approximate surface area is 419 Å². The summed E-state index contributed by atoms with van der Waals surface area (Å²) in [5.74, 6) is -0.766. The zero-order chi connectivity index (χ0) is 47.9. The van der Waals surface area contributed by atoms with Crippen LogP contribution in [-0.2, 0) is 19.3 Å². The summed E-state index contributed by atoms with van der Waals surface area (Å²) in [6, 6.07) is 8.92. The van der Waals surface area contributed by atoms with Crippen molar-refractivity contribution in [2.45, 2.75) is 348 Å². The number of carboxylic acids is 1. The van der Waals surface area contributed by atoms with Gasteiger partial charge in [-0.3, -0.25) is 0 Å². The maximum Gasteiger partial charge on any atom is 0.336 e. The molecule has 2 rings (SSSR count). The molecule has 388 valence electrons. The number of carboxylic acid groups (broad SMARTS) is 1. The third-order valence-corrected chi connectivity index (χ3v) is 15.5. The predicted molar refractivity (Wildman–Crippen MR) is 301 cm³/mol. The van der Waals surface area contributed by atoms with Crippen molar-refractivity contribution in [3.05, 3.63) is 46.5 Å². The Morgan fingerprint density at radius 1 is 0.313 bits per heavy atom. The molecule has 2 aromatic rings. The van der Waals surface area contributed by atoms with Gasteiger partial charge in [-0.15, -0.1) is 0 Å². The van der Waals surface area contributed by atoms with Crippen LogP contribution in [-0.4, -0.2) is 11.1 Å². The van der Waals surface area contributed by atoms with E-state index in [0.717, 1.165) is 31.1 Å². The fourth-order valence-corrected chi connectivity index (χ4v) is 11.0. The Kier molecular flexibility index (Phi) is 42.6. The molecule has 0 aliphatic rings. The van der Waals surface area contributed by atoms with Gasteiger partial charge in [0, 0.05) is 0 Å². The molecule has 0 radical (unpaired) electrons. The van der Waals surface area contributed by atoms with Crippen molar-refractivity contribution in [3.63, 3.8) is 0 Å². The molecule has 0 heterocycles. The van der Waals surface area contributed by atoms with Gasteiger partial charge < -0.3 is 5.11 Å². The molecule has 0 aromatic heterocycles. The fourth-order valence-electron chi connectivity index (χ4n) is 11.0. The molecule has 0 atom stereocenters. The molecule has 1 N–H and O–H groups in total. The second kappa shape index (κ2) is 46.5. The van der Waals surface area contributed by atoms with Gasteiger partial charge in [-0.05, 0) is 72.1 Å². The van der Waals surface area contributed by atoms with Gasteiger partial charge in [0.15, 0.2) is 0 Å². The van der Waals surface area contributed by atoms with Crippen LogP contribution >= 0.6 is 0 Å². The van der Waals surface area contributed by atoms with Crippen LogP contribution in [0.5, 0.6) is 0 Å². The Morgan fingerprint density at radius 3 is 0.881 bits per heavy atom. The molecule has 2 heteroatoms. The maximum atomic E-state index is 12.7. The first-order valence-corrected chi connectivity index (χ1v) is 30.9. The molecule has 0 bridgehead atoms. The van der Waals surface area contributed by atoms with Crippen LogP contribution < -0.4 is 0 Å². The summed E-state index contributed by atoms with van der Waals surface area (Å²) < 4.78 is 0. The first-order chi connectivity index (χ1) is 33.1. The van der Waals surface area contributed by atoms with Crippen LogP contribution in [0.15, 0.2) is 24.3 Å². The average Bonchev–Trinajstić information content (AvgIpc) is 3.33. The summed E-state index contributed by atoms with van der Waals surface area (Å²) in [5.41, 5.74) is 4.73. The number of benzene rings is 2. The van der Waals surface area contributed by atoms with Crippen molar-refractivity contribution in [2.75, 3.05) is 0 Å². The first kappa shape index (κ1) is 61.3. The number of carbonyl (C=O) groups is 1. The molecule has 0 aliphatic heterocycles. The first-order valence-electron chi connectivity index (χ1n) is 30.9. The van der Waals surface area contributed by atoms with E-state index in [-0.39, 0.29) is 0 Å². The van der Waals surface area contributed by atoms with Crippen LogP contribution in [0.25, 0.3) is 10.8 Å². The van der Waals surface area contributed by atoms with E-state index in [1.807, 2.05) is 6.07 Å². The van der Waals surface area contributed by atoms with Crippen molar-refractivity contribution in [2.24, 2.45) is 0 Å². The normalized spacial score (nSPS) is 11.7. The zero-order valence-electron chi connectivity index (χ0n) is 45.7. The summed E-state index contributed by atoms with van der Waals surface area (Å²) >= 11 is 0. The third-order valence-electron chi connectivity index (χ3n) is 15.5. The Hall–Kier alpha value is -1.83. The number of hydrogen-bond acceptors (Lipinski definition) is 1. The molecule has 67 heavy (non-hydrogen) atoms. The fraction of sp³-hybridized carbons (Fsp3) is 0.831. The summed E-state index contributed by atoms with van der Waals surface area (Å²) in [6.45, 7) is 6.91. The lowest BCUT2D eigenvalue weighted by Gasteiger charge is -2.17. The minimum absolute atomic E-state index is 0.520. The largest absolute Gasteiger partial charge is 0.478 e. The Balaban J connectivity index is 1.83. The summed E-state index contributed by atoms with van der Waals surface area (Å²) in [5, 5.41) is 12.7. The van der Waals surface area contributed by atoms with E-state index in [2.05, 4.69) is 39.0 Å². The lowest BCUT2D eigenvalue weighted by Crippen LogP contribution is -2.04. The van der Waals surface area contributed by atoms with Crippen molar-refractivity contribution in [1.82, 2.24) is 0 Å². The van der Waals surface area contributed by atoms with Crippen molar-refractivity contribution >= 4 is 16.7 Å². The number of unbranched alkanes of at least 4 members (excludes halogenated alkanes) is 45. The van der Waals surface area contributed by atoms with Gasteiger partial charge in [0.2, 0.25) is 0 Å². The van der Waals surface area contributed by atoms with Gasteiger partial charge in [-0.25, -0.2) is 4.79 Å². The van der Waals surface area contributed by atoms with Gasteiger partial charge >= 0.3 is 5.97 Å². The van der Waals surface area contributed by atoms with Gasteiger partial charge in [0.1, 0.15) is 0 Å². The van der Waals surface area contributed by atoms with Gasteiger partial charge in [0.25, 0.3) is 0 Å². The van der Waals surface area contributed by atoms with Crippen LogP contribution in [0.2, 0.25) is 0 Å². The summed E-state index contributed by atoms with van der Waals surface area (Å²) in [4.78, 5) is 12.7. The molecule has 2 nitrogen and oxygen atoms in total. The highest BCUT2D eigenvalue weighted by Gasteiger charge is 2.16. The minimum atomic E-state index is -0.766. The van der Waals surface area contributed by atoms with E-state index in [1.165, 1.54) is 324 Å². The van der Waals surface area contributed by atoms with Crippen LogP contribution in [0.4, 0.5) is 0 Å². The highest BCUT2D eigenvalue weighted by molar-refractivity contribution is 6.05. The van der Waals surface area contributed by atoms with Gasteiger partial charge in [-0.2, -0.15) is 0 Å². The van der Waals surface area contributed by atoms with E-state index in [4.69, 9.17) is 0 Å². The quantitative estimate of drug-likeness (QED) is 0.0671. The van der Waals surface area contributed by atoms with Crippen molar-refractivity contribution < 1.29 is 9.90 Å². The molecule has 0 unspecified atom stereocenters. The summed E-state index contributed by atoms with van der Waals surface area (Å²) in [7, 11) is 0. The van der Waals surface area contributed by atoms with Gasteiger partial charge in [0.05, 0.1) is 5.56 Å². The van der Waals surface area contributed by atoms with E-state index in [0.29, 0.717) is 5.56 Å². The number of hydrogen-bond donors (Lipinski definition) is 1. The summed E-state index contributed by atoms with van der Waals surface area (Å²) in [6.07, 6.45) is 70.0. The van der Waals surface area contributed by atoms with Crippen molar-refractivity contribution in [1.29, 1.82) is 0 Å². The molecular formula is C65H116O2. The monoisotopic (exact) mass is 929 g/mol. The number of aryl methyl sites for hydroxylation is 3. The molecule has 0 spiro atoms. The molecule has 0 saturated heterocycles. The minimum Gasteiger partial charge on any atom is -0.478 e. The zero-order valence-corrected chi connectivity index (χ0v) is 45.7. The maximum absolute atomic E-state index is 12.7. The molecule has 0 saturated carbocycles. The Bertz CT molecular complexity index is 1370. The standard InChI is InChI=1S/C65H116O2/c1-4-7-10-13-16-19-22-25-28-31-34-37-40-43-46-49-52-59-57-63-61(54-51-48-45-42-39-36-33-30-27-24-21-18-15-12-9-6-3)60(55-56-62(63)64(58-59)65(66)67)53-50-47-44-41-38-35-32-29-26-23-20-17-14-11-8-5-2/h55-58H,4-54H2,1-3H3,(H,66,67). The van der Waals surface area contributed by atoms with E-state index < -0.39 is 5.97 Å². The molecular weight excluding hydrogens is 813 g/mol. The lowest BCUT2D eigenvalue weighted by atomic mass is 9.88. The molecule has 0 amide bonds. The number of rotatable bonds is 52. The second-order valence-corrected chi connectivity index (χ2v) is 21.9.